The SMILES string of the molecule is CCOC(=O)C(=NOC(F)F)C(C)=O. The Morgan fingerprint density at radius 3 is 2.36 bits per heavy atom. The largest absolute Gasteiger partial charge is 0.461 e. The number of carbonyl (C=O) groups is 2. The van der Waals surface area contributed by atoms with Crippen molar-refractivity contribution >= 4 is 17.5 Å². The minimum absolute atomic E-state index is 0.0137. The van der Waals surface area contributed by atoms with Crippen LogP contribution < -0.4 is 0 Å². The Hall–Kier alpha value is -1.53. The monoisotopic (exact) mass is 209 g/mol. The first-order valence-electron chi connectivity index (χ1n) is 3.69. The minimum Gasteiger partial charge on any atom is -0.461 e. The van der Waals surface area contributed by atoms with E-state index in [2.05, 4.69) is 14.7 Å². The van der Waals surface area contributed by atoms with Crippen LogP contribution in [0.4, 0.5) is 8.78 Å². The molecule has 0 N–H and O–H groups in total. The molecule has 0 fully saturated rings. The summed E-state index contributed by atoms with van der Waals surface area (Å²) in [5.41, 5.74) is -0.785. The lowest BCUT2D eigenvalue weighted by atomic mass is 10.3. The van der Waals surface area contributed by atoms with Gasteiger partial charge in [-0.2, -0.15) is 8.78 Å². The molecule has 0 amide bonds. The number of nitrogens with zero attached hydrogens (tertiary/aromatic N) is 1. The van der Waals surface area contributed by atoms with Gasteiger partial charge in [0.15, 0.2) is 5.78 Å². The predicted octanol–water partition coefficient (Wildman–Crippen LogP) is 0.734. The Kier molecular flexibility index (Phi) is 5.35. The fraction of sp³-hybridized carbons (Fsp3) is 0.571. The fourth-order valence-electron chi connectivity index (χ4n) is 0.537. The molecular formula is C7H9F2NO4. The first-order chi connectivity index (χ1) is 6.49. The summed E-state index contributed by atoms with van der Waals surface area (Å²) in [6.45, 7) is -0.674. The van der Waals surface area contributed by atoms with Crippen LogP contribution in [0, 0.1) is 0 Å². The zero-order valence-electron chi connectivity index (χ0n) is 7.62. The summed E-state index contributed by atoms with van der Waals surface area (Å²) in [6, 6.07) is 0. The van der Waals surface area contributed by atoms with Crippen molar-refractivity contribution in [1.29, 1.82) is 0 Å². The molecule has 0 heterocycles. The lowest BCUT2D eigenvalue weighted by molar-refractivity contribution is -0.139. The van der Waals surface area contributed by atoms with Gasteiger partial charge in [0.1, 0.15) is 0 Å². The third kappa shape index (κ3) is 4.48. The number of oxime groups is 1. The van der Waals surface area contributed by atoms with E-state index in [9.17, 15) is 18.4 Å². The third-order valence-corrected chi connectivity index (χ3v) is 1.03. The van der Waals surface area contributed by atoms with Crippen LogP contribution in [0.25, 0.3) is 0 Å². The van der Waals surface area contributed by atoms with Crippen LogP contribution in [0.1, 0.15) is 13.8 Å². The Labute approximate surface area is 78.7 Å². The standard InChI is InChI=1S/C7H9F2NO4/c1-3-13-6(12)5(4(2)11)10-14-7(8)9/h7H,3H2,1-2H3. The summed E-state index contributed by atoms with van der Waals surface area (Å²) >= 11 is 0. The number of Topliss-reactive ketones (excluding diaryl/α,β-unsaturated/α-hetero) is 1. The van der Waals surface area contributed by atoms with E-state index in [0.717, 1.165) is 6.92 Å². The molecule has 0 aromatic carbocycles. The van der Waals surface area contributed by atoms with E-state index in [1.165, 1.54) is 6.92 Å². The number of hydrogen-bond acceptors (Lipinski definition) is 5. The lowest BCUT2D eigenvalue weighted by Crippen LogP contribution is -2.25. The molecule has 0 unspecified atom stereocenters. The highest BCUT2D eigenvalue weighted by Gasteiger charge is 2.19. The van der Waals surface area contributed by atoms with Crippen LogP contribution in [0.15, 0.2) is 5.16 Å². The maximum Gasteiger partial charge on any atom is 0.407 e. The number of ether oxygens (including phenoxy) is 1. The molecule has 0 bridgehead atoms. The zero-order chi connectivity index (χ0) is 11.1. The van der Waals surface area contributed by atoms with Gasteiger partial charge in [0.25, 0.3) is 0 Å². The van der Waals surface area contributed by atoms with Crippen molar-refractivity contribution in [1.82, 2.24) is 0 Å². The van der Waals surface area contributed by atoms with Crippen molar-refractivity contribution in [2.45, 2.75) is 20.5 Å². The van der Waals surface area contributed by atoms with Gasteiger partial charge < -0.3 is 9.57 Å². The molecule has 0 spiro atoms. The van der Waals surface area contributed by atoms with Crippen molar-refractivity contribution in [3.05, 3.63) is 0 Å². The number of hydrogen-bond donors (Lipinski definition) is 0. The molecule has 0 aliphatic heterocycles. The average Bonchev–Trinajstić information content (AvgIpc) is 2.03. The Bertz CT molecular complexity index is 252. The van der Waals surface area contributed by atoms with E-state index < -0.39 is 24.1 Å². The summed E-state index contributed by atoms with van der Waals surface area (Å²) in [6.07, 6.45) is 0. The van der Waals surface area contributed by atoms with Crippen LogP contribution in [-0.4, -0.2) is 30.7 Å². The second-order valence-corrected chi connectivity index (χ2v) is 2.08. The van der Waals surface area contributed by atoms with Gasteiger partial charge in [-0.3, -0.25) is 4.79 Å². The predicted molar refractivity (Wildman–Crippen MR) is 41.8 cm³/mol. The zero-order valence-corrected chi connectivity index (χ0v) is 7.62. The summed E-state index contributed by atoms with van der Waals surface area (Å²) < 4.78 is 27.4. The minimum atomic E-state index is -3.18. The van der Waals surface area contributed by atoms with Crippen LogP contribution in [0.2, 0.25) is 0 Å². The number of carbonyl (C=O) groups excluding carboxylic acids is 2. The van der Waals surface area contributed by atoms with E-state index in [0.29, 0.717) is 0 Å². The molecule has 0 saturated heterocycles. The molecule has 0 radical (unpaired) electrons. The number of rotatable bonds is 5. The Balaban J connectivity index is 4.51. The maximum absolute atomic E-state index is 11.5. The Morgan fingerprint density at radius 1 is 1.43 bits per heavy atom. The van der Waals surface area contributed by atoms with Gasteiger partial charge >= 0.3 is 12.6 Å². The topological polar surface area (TPSA) is 65.0 Å². The molecular weight excluding hydrogens is 200 g/mol. The molecule has 0 aliphatic rings. The quantitative estimate of drug-likeness (QED) is 0.290. The number of halogens is 2. The van der Waals surface area contributed by atoms with Crippen molar-refractivity contribution < 1.29 is 27.9 Å². The number of alkyl halides is 2. The summed E-state index contributed by atoms with van der Waals surface area (Å²) in [5, 5.41) is 2.68. The third-order valence-electron chi connectivity index (χ3n) is 1.03. The molecule has 14 heavy (non-hydrogen) atoms. The summed E-state index contributed by atoms with van der Waals surface area (Å²) in [4.78, 5) is 25.1. The van der Waals surface area contributed by atoms with Crippen LogP contribution in [-0.2, 0) is 19.2 Å². The van der Waals surface area contributed by atoms with Gasteiger partial charge in [-0.25, -0.2) is 4.79 Å². The van der Waals surface area contributed by atoms with Crippen molar-refractivity contribution in [3.8, 4) is 0 Å². The molecule has 0 atom stereocenters. The van der Waals surface area contributed by atoms with Gasteiger partial charge in [0.2, 0.25) is 5.71 Å². The second kappa shape index (κ2) is 6.01. The number of ketones is 1. The molecule has 5 nitrogen and oxygen atoms in total. The molecule has 0 aliphatic carbocycles. The molecule has 0 aromatic heterocycles. The average molecular weight is 209 g/mol. The lowest BCUT2D eigenvalue weighted by Gasteiger charge is -2.01. The molecule has 0 aromatic rings. The molecule has 0 saturated carbocycles. The van der Waals surface area contributed by atoms with Gasteiger partial charge in [-0.05, 0) is 6.92 Å². The van der Waals surface area contributed by atoms with Crippen molar-refractivity contribution in [2.75, 3.05) is 6.61 Å². The number of esters is 1. The highest BCUT2D eigenvalue weighted by atomic mass is 19.3. The first kappa shape index (κ1) is 12.5. The van der Waals surface area contributed by atoms with E-state index in [1.54, 1.807) is 0 Å². The highest BCUT2D eigenvalue weighted by molar-refractivity contribution is 6.63. The summed E-state index contributed by atoms with van der Waals surface area (Å²) in [5.74, 6) is -1.88. The van der Waals surface area contributed by atoms with Gasteiger partial charge in [-0.15, -0.1) is 0 Å². The maximum atomic E-state index is 11.5. The normalized spacial score (nSPS) is 11.4. The second-order valence-electron chi connectivity index (χ2n) is 2.08. The Morgan fingerprint density at radius 2 is 2.00 bits per heavy atom. The fourth-order valence-corrected chi connectivity index (χ4v) is 0.537. The molecule has 0 rings (SSSR count). The van der Waals surface area contributed by atoms with Gasteiger partial charge in [0.05, 0.1) is 6.61 Å². The molecule has 80 valence electrons. The van der Waals surface area contributed by atoms with E-state index in [-0.39, 0.29) is 6.61 Å². The van der Waals surface area contributed by atoms with Crippen molar-refractivity contribution in [3.63, 3.8) is 0 Å². The van der Waals surface area contributed by atoms with Crippen LogP contribution in [0.3, 0.4) is 0 Å². The first-order valence-corrected chi connectivity index (χ1v) is 3.69. The molecule has 7 heteroatoms. The van der Waals surface area contributed by atoms with E-state index in [1.807, 2.05) is 0 Å². The highest BCUT2D eigenvalue weighted by Crippen LogP contribution is 1.97. The van der Waals surface area contributed by atoms with Crippen LogP contribution in [0.5, 0.6) is 0 Å². The van der Waals surface area contributed by atoms with Crippen molar-refractivity contribution in [2.24, 2.45) is 5.16 Å². The van der Waals surface area contributed by atoms with Crippen LogP contribution >= 0.6 is 0 Å². The van der Waals surface area contributed by atoms with Gasteiger partial charge in [-0.1, -0.05) is 5.16 Å². The van der Waals surface area contributed by atoms with E-state index in [4.69, 9.17) is 0 Å². The smallest absolute Gasteiger partial charge is 0.407 e. The van der Waals surface area contributed by atoms with E-state index >= 15 is 0 Å². The summed E-state index contributed by atoms with van der Waals surface area (Å²) in [7, 11) is 0. The van der Waals surface area contributed by atoms with Gasteiger partial charge in [0, 0.05) is 6.92 Å².